The van der Waals surface area contributed by atoms with Crippen molar-refractivity contribution in [2.75, 3.05) is 13.2 Å². The van der Waals surface area contributed by atoms with Crippen molar-refractivity contribution >= 4 is 12.0 Å². The van der Waals surface area contributed by atoms with E-state index >= 15 is 0 Å². The van der Waals surface area contributed by atoms with E-state index in [1.807, 2.05) is 20.8 Å². The summed E-state index contributed by atoms with van der Waals surface area (Å²) in [5.74, 6) is 0.205. The summed E-state index contributed by atoms with van der Waals surface area (Å²) >= 11 is 0. The number of ether oxygens (including phenoxy) is 1. The molecule has 0 aromatic carbocycles. The van der Waals surface area contributed by atoms with E-state index in [1.165, 1.54) is 4.90 Å². The van der Waals surface area contributed by atoms with Gasteiger partial charge in [-0.25, -0.2) is 9.69 Å². The van der Waals surface area contributed by atoms with Crippen LogP contribution >= 0.6 is 0 Å². The molecule has 1 rings (SSSR count). The lowest BCUT2D eigenvalue weighted by molar-refractivity contribution is -0.130. The molecule has 16 heavy (non-hydrogen) atoms. The molecule has 1 atom stereocenters. The lowest BCUT2D eigenvalue weighted by atomic mass is 9.95. The first kappa shape index (κ1) is 13.0. The predicted molar refractivity (Wildman–Crippen MR) is 60.9 cm³/mol. The number of amides is 2. The lowest BCUT2D eigenvalue weighted by Gasteiger charge is -2.16. The van der Waals surface area contributed by atoms with E-state index in [2.05, 4.69) is 0 Å². The molecule has 1 saturated heterocycles. The fraction of sp³-hybridized carbons (Fsp3) is 0.833. The number of hydrogen-bond acceptors (Lipinski definition) is 3. The van der Waals surface area contributed by atoms with Gasteiger partial charge < -0.3 is 4.74 Å². The van der Waals surface area contributed by atoms with Crippen LogP contribution in [0.2, 0.25) is 0 Å². The van der Waals surface area contributed by atoms with E-state index in [1.54, 1.807) is 0 Å². The smallest absolute Gasteiger partial charge is 0.416 e. The third kappa shape index (κ3) is 2.97. The maximum Gasteiger partial charge on any atom is 0.416 e. The average Bonchev–Trinajstić information content (AvgIpc) is 2.60. The second-order valence-electron chi connectivity index (χ2n) is 4.60. The molecule has 1 heterocycles. The van der Waals surface area contributed by atoms with Crippen LogP contribution in [-0.4, -0.2) is 30.1 Å². The molecule has 0 radical (unpaired) electrons. The van der Waals surface area contributed by atoms with Crippen molar-refractivity contribution in [3.8, 4) is 0 Å². The first-order chi connectivity index (χ1) is 7.57. The van der Waals surface area contributed by atoms with Gasteiger partial charge in [-0.1, -0.05) is 27.2 Å². The largest absolute Gasteiger partial charge is 0.449 e. The third-order valence-electron chi connectivity index (χ3n) is 3.00. The van der Waals surface area contributed by atoms with Crippen molar-refractivity contribution in [2.45, 2.75) is 40.0 Å². The zero-order valence-electron chi connectivity index (χ0n) is 10.4. The summed E-state index contributed by atoms with van der Waals surface area (Å²) in [4.78, 5) is 24.7. The van der Waals surface area contributed by atoms with E-state index in [0.29, 0.717) is 19.1 Å². The number of nitrogens with zero attached hydrogens (tertiary/aromatic N) is 1. The second-order valence-corrected chi connectivity index (χ2v) is 4.60. The Morgan fingerprint density at radius 3 is 2.75 bits per heavy atom. The van der Waals surface area contributed by atoms with Crippen molar-refractivity contribution in [1.82, 2.24) is 4.90 Å². The number of unbranched alkanes of at least 4 members (excludes halogenated alkanes) is 1. The Morgan fingerprint density at radius 1 is 1.56 bits per heavy atom. The standard InChI is InChI=1S/C12H21NO3/c1-4-5-8-16-12(15)13-7-6-10(9(2)3)11(13)14/h9-10H,4-8H2,1-3H3/t10-/m0/s1. The Bertz CT molecular complexity index is 263. The van der Waals surface area contributed by atoms with Crippen LogP contribution in [0.4, 0.5) is 4.79 Å². The molecule has 0 aliphatic carbocycles. The Labute approximate surface area is 96.9 Å². The molecule has 4 nitrogen and oxygen atoms in total. The molecule has 1 fully saturated rings. The van der Waals surface area contributed by atoms with Gasteiger partial charge >= 0.3 is 6.09 Å². The van der Waals surface area contributed by atoms with E-state index in [9.17, 15) is 9.59 Å². The number of carbonyl (C=O) groups excluding carboxylic acids is 2. The molecule has 1 aliphatic rings. The molecule has 1 aliphatic heterocycles. The number of imide groups is 1. The summed E-state index contributed by atoms with van der Waals surface area (Å²) in [5.41, 5.74) is 0. The van der Waals surface area contributed by atoms with E-state index in [-0.39, 0.29) is 11.8 Å². The fourth-order valence-electron chi connectivity index (χ4n) is 1.88. The molecular weight excluding hydrogens is 206 g/mol. The van der Waals surface area contributed by atoms with Crippen molar-refractivity contribution in [2.24, 2.45) is 11.8 Å². The number of likely N-dealkylation sites (tertiary alicyclic amines) is 1. The highest BCUT2D eigenvalue weighted by atomic mass is 16.6. The summed E-state index contributed by atoms with van der Waals surface area (Å²) in [6.07, 6.45) is 2.12. The molecule has 4 heteroatoms. The summed E-state index contributed by atoms with van der Waals surface area (Å²) < 4.78 is 5.03. The Hall–Kier alpha value is -1.06. The van der Waals surface area contributed by atoms with Gasteiger partial charge in [-0.15, -0.1) is 0 Å². The molecular formula is C12H21NO3. The first-order valence-corrected chi connectivity index (χ1v) is 6.06. The topological polar surface area (TPSA) is 46.6 Å². The lowest BCUT2D eigenvalue weighted by Crippen LogP contribution is -2.35. The molecule has 0 aromatic rings. The van der Waals surface area contributed by atoms with Gasteiger partial charge in [-0.2, -0.15) is 0 Å². The SMILES string of the molecule is CCCCOC(=O)N1CC[C@@H](C(C)C)C1=O. The van der Waals surface area contributed by atoms with Crippen molar-refractivity contribution in [3.05, 3.63) is 0 Å². The Morgan fingerprint density at radius 2 is 2.25 bits per heavy atom. The molecule has 0 bridgehead atoms. The summed E-state index contributed by atoms with van der Waals surface area (Å²) in [7, 11) is 0. The highest BCUT2D eigenvalue weighted by Gasteiger charge is 2.37. The van der Waals surface area contributed by atoms with Gasteiger partial charge in [0.25, 0.3) is 0 Å². The maximum absolute atomic E-state index is 11.8. The quantitative estimate of drug-likeness (QED) is 0.693. The predicted octanol–water partition coefficient (Wildman–Crippen LogP) is 2.43. The summed E-state index contributed by atoms with van der Waals surface area (Å²) in [6, 6.07) is 0. The maximum atomic E-state index is 11.8. The highest BCUT2D eigenvalue weighted by Crippen LogP contribution is 2.25. The molecule has 0 aromatic heterocycles. The first-order valence-electron chi connectivity index (χ1n) is 6.06. The van der Waals surface area contributed by atoms with Gasteiger partial charge in [0.2, 0.25) is 5.91 Å². The molecule has 0 spiro atoms. The van der Waals surface area contributed by atoms with Gasteiger partial charge in [-0.3, -0.25) is 4.79 Å². The van der Waals surface area contributed by atoms with E-state index in [0.717, 1.165) is 19.3 Å². The van der Waals surface area contributed by atoms with Crippen LogP contribution in [0.3, 0.4) is 0 Å². The normalized spacial score (nSPS) is 20.6. The van der Waals surface area contributed by atoms with E-state index < -0.39 is 6.09 Å². The Balaban J connectivity index is 2.44. The summed E-state index contributed by atoms with van der Waals surface area (Å²) in [5, 5.41) is 0. The van der Waals surface area contributed by atoms with E-state index in [4.69, 9.17) is 4.74 Å². The highest BCUT2D eigenvalue weighted by molar-refractivity contribution is 5.95. The summed E-state index contributed by atoms with van der Waals surface area (Å²) in [6.45, 7) is 6.96. The van der Waals surface area contributed by atoms with Crippen LogP contribution in [0.5, 0.6) is 0 Å². The zero-order valence-corrected chi connectivity index (χ0v) is 10.4. The van der Waals surface area contributed by atoms with Crippen molar-refractivity contribution in [1.29, 1.82) is 0 Å². The molecule has 0 saturated carbocycles. The Kier molecular flexibility index (Phi) is 4.77. The van der Waals surface area contributed by atoms with Gasteiger partial charge in [0.1, 0.15) is 0 Å². The molecule has 2 amide bonds. The minimum atomic E-state index is -0.471. The van der Waals surface area contributed by atoms with Gasteiger partial charge in [0, 0.05) is 12.5 Å². The van der Waals surface area contributed by atoms with Crippen LogP contribution in [0.1, 0.15) is 40.0 Å². The van der Waals surface area contributed by atoms with Gasteiger partial charge in [0.15, 0.2) is 0 Å². The van der Waals surface area contributed by atoms with Gasteiger partial charge in [-0.05, 0) is 18.8 Å². The third-order valence-corrected chi connectivity index (χ3v) is 3.00. The van der Waals surface area contributed by atoms with Crippen LogP contribution in [0.15, 0.2) is 0 Å². The monoisotopic (exact) mass is 227 g/mol. The van der Waals surface area contributed by atoms with Gasteiger partial charge in [0.05, 0.1) is 6.61 Å². The fourth-order valence-corrected chi connectivity index (χ4v) is 1.88. The zero-order chi connectivity index (χ0) is 12.1. The van der Waals surface area contributed by atoms with Crippen LogP contribution in [0, 0.1) is 11.8 Å². The van der Waals surface area contributed by atoms with Crippen molar-refractivity contribution in [3.63, 3.8) is 0 Å². The van der Waals surface area contributed by atoms with Crippen LogP contribution in [0.25, 0.3) is 0 Å². The average molecular weight is 227 g/mol. The second kappa shape index (κ2) is 5.87. The molecule has 0 N–H and O–H groups in total. The molecule has 0 unspecified atom stereocenters. The van der Waals surface area contributed by atoms with Crippen LogP contribution < -0.4 is 0 Å². The number of carbonyl (C=O) groups is 2. The number of rotatable bonds is 4. The van der Waals surface area contributed by atoms with Crippen LogP contribution in [-0.2, 0) is 9.53 Å². The van der Waals surface area contributed by atoms with Crippen molar-refractivity contribution < 1.29 is 14.3 Å². The molecule has 92 valence electrons. The minimum Gasteiger partial charge on any atom is -0.449 e. The number of hydrogen-bond donors (Lipinski definition) is 0. The minimum absolute atomic E-state index is 0.0151.